The molecule has 0 saturated heterocycles. The fraction of sp³-hybridized carbons (Fsp3) is 0.571. The summed E-state index contributed by atoms with van der Waals surface area (Å²) in [4.78, 5) is 0. The molecule has 2 saturated carbocycles. The topological polar surface area (TPSA) is 38.0 Å². The first-order chi connectivity index (χ1) is 7.83. The highest BCUT2D eigenvalue weighted by Crippen LogP contribution is 2.46. The minimum absolute atomic E-state index is 0.462. The number of hydrogen-bond acceptors (Lipinski definition) is 2. The van der Waals surface area contributed by atoms with E-state index >= 15 is 0 Å². The van der Waals surface area contributed by atoms with E-state index in [1.165, 1.54) is 24.8 Å². The molecule has 16 heavy (non-hydrogen) atoms. The Kier molecular flexibility index (Phi) is 2.49. The van der Waals surface area contributed by atoms with Gasteiger partial charge in [-0.15, -0.1) is 0 Å². The molecule has 86 valence electrons. The fourth-order valence-electron chi connectivity index (χ4n) is 2.47. The van der Waals surface area contributed by atoms with Gasteiger partial charge < -0.3 is 11.1 Å². The van der Waals surface area contributed by atoms with Gasteiger partial charge in [0.25, 0.3) is 0 Å². The Balaban J connectivity index is 1.50. The van der Waals surface area contributed by atoms with Crippen LogP contribution in [0.3, 0.4) is 0 Å². The van der Waals surface area contributed by atoms with Crippen molar-refractivity contribution in [2.24, 2.45) is 11.1 Å². The molecule has 0 amide bonds. The van der Waals surface area contributed by atoms with Crippen molar-refractivity contribution in [3.63, 3.8) is 0 Å². The number of rotatable bonds is 5. The first-order valence-corrected chi connectivity index (χ1v) is 6.31. The highest BCUT2D eigenvalue weighted by molar-refractivity contribution is 5.27. The highest BCUT2D eigenvalue weighted by Gasteiger charge is 2.44. The van der Waals surface area contributed by atoms with Crippen LogP contribution in [0.2, 0.25) is 0 Å². The quantitative estimate of drug-likeness (QED) is 0.788. The summed E-state index contributed by atoms with van der Waals surface area (Å²) >= 11 is 0. The van der Waals surface area contributed by atoms with Crippen molar-refractivity contribution in [2.45, 2.75) is 31.2 Å². The van der Waals surface area contributed by atoms with E-state index in [2.05, 4.69) is 35.6 Å². The van der Waals surface area contributed by atoms with Crippen LogP contribution in [-0.4, -0.2) is 19.1 Å². The maximum atomic E-state index is 5.78. The van der Waals surface area contributed by atoms with Gasteiger partial charge in [0.2, 0.25) is 0 Å². The van der Waals surface area contributed by atoms with Crippen molar-refractivity contribution in [1.82, 2.24) is 5.32 Å². The van der Waals surface area contributed by atoms with Gasteiger partial charge in [0.1, 0.15) is 0 Å². The zero-order valence-corrected chi connectivity index (χ0v) is 9.65. The van der Waals surface area contributed by atoms with E-state index in [9.17, 15) is 0 Å². The van der Waals surface area contributed by atoms with Crippen LogP contribution in [0.15, 0.2) is 30.3 Å². The summed E-state index contributed by atoms with van der Waals surface area (Å²) in [6.45, 7) is 1.97. The molecular formula is C14H20N2. The van der Waals surface area contributed by atoms with Gasteiger partial charge in [-0.1, -0.05) is 30.3 Å². The zero-order chi connectivity index (χ0) is 11.0. The minimum Gasteiger partial charge on any atom is -0.330 e. The molecule has 2 aliphatic carbocycles. The average molecular weight is 216 g/mol. The average Bonchev–Trinajstić information content (AvgIpc) is 3.23. The number of nitrogens with two attached hydrogens (primary N) is 1. The standard InChI is InChI=1S/C14H20N2/c15-9-14(6-7-14)10-16-13-8-12(13)11-4-2-1-3-5-11/h1-5,12-13,16H,6-10,15H2/t12?,13-/m0/s1. The van der Waals surface area contributed by atoms with Gasteiger partial charge in [0, 0.05) is 18.5 Å². The van der Waals surface area contributed by atoms with Crippen LogP contribution in [-0.2, 0) is 0 Å². The lowest BCUT2D eigenvalue weighted by molar-refractivity contribution is 0.464. The largest absolute Gasteiger partial charge is 0.330 e. The molecule has 3 rings (SSSR count). The Morgan fingerprint density at radius 2 is 2.00 bits per heavy atom. The SMILES string of the molecule is NCC1(CN[C@H]2CC2c2ccccc2)CC1. The first-order valence-electron chi connectivity index (χ1n) is 6.31. The molecule has 0 aromatic heterocycles. The van der Waals surface area contributed by atoms with Gasteiger partial charge in [-0.25, -0.2) is 0 Å². The van der Waals surface area contributed by atoms with Crippen molar-refractivity contribution in [2.75, 3.05) is 13.1 Å². The van der Waals surface area contributed by atoms with Gasteiger partial charge >= 0.3 is 0 Å². The summed E-state index contributed by atoms with van der Waals surface area (Å²) in [5.41, 5.74) is 7.73. The molecule has 1 unspecified atom stereocenters. The molecule has 2 heteroatoms. The Labute approximate surface area is 97.2 Å². The van der Waals surface area contributed by atoms with Crippen molar-refractivity contribution in [3.8, 4) is 0 Å². The third-order valence-corrected chi connectivity index (χ3v) is 4.15. The Morgan fingerprint density at radius 1 is 1.25 bits per heavy atom. The first kappa shape index (κ1) is 10.3. The van der Waals surface area contributed by atoms with E-state index in [0.717, 1.165) is 19.0 Å². The monoisotopic (exact) mass is 216 g/mol. The summed E-state index contributed by atoms with van der Waals surface area (Å²) in [6.07, 6.45) is 3.93. The second kappa shape index (κ2) is 3.86. The lowest BCUT2D eigenvalue weighted by atomic mass is 10.1. The number of benzene rings is 1. The molecule has 2 aliphatic rings. The van der Waals surface area contributed by atoms with Gasteiger partial charge in [0.15, 0.2) is 0 Å². The van der Waals surface area contributed by atoms with Crippen LogP contribution in [0.1, 0.15) is 30.7 Å². The van der Waals surface area contributed by atoms with E-state index in [4.69, 9.17) is 5.73 Å². The highest BCUT2D eigenvalue weighted by atomic mass is 15.0. The number of nitrogens with one attached hydrogen (secondary N) is 1. The van der Waals surface area contributed by atoms with E-state index in [-0.39, 0.29) is 0 Å². The third-order valence-electron chi connectivity index (χ3n) is 4.15. The molecular weight excluding hydrogens is 196 g/mol. The van der Waals surface area contributed by atoms with E-state index in [0.29, 0.717) is 11.5 Å². The van der Waals surface area contributed by atoms with Crippen LogP contribution in [0.25, 0.3) is 0 Å². The van der Waals surface area contributed by atoms with E-state index < -0.39 is 0 Å². The Morgan fingerprint density at radius 3 is 2.62 bits per heavy atom. The summed E-state index contributed by atoms with van der Waals surface area (Å²) in [6, 6.07) is 11.5. The summed E-state index contributed by atoms with van der Waals surface area (Å²) in [5.74, 6) is 0.745. The summed E-state index contributed by atoms with van der Waals surface area (Å²) in [7, 11) is 0. The summed E-state index contributed by atoms with van der Waals surface area (Å²) < 4.78 is 0. The summed E-state index contributed by atoms with van der Waals surface area (Å²) in [5, 5.41) is 3.68. The maximum Gasteiger partial charge on any atom is 0.0143 e. The molecule has 0 spiro atoms. The molecule has 1 aromatic carbocycles. The van der Waals surface area contributed by atoms with Crippen LogP contribution >= 0.6 is 0 Å². The van der Waals surface area contributed by atoms with Gasteiger partial charge in [-0.3, -0.25) is 0 Å². The fourth-order valence-corrected chi connectivity index (χ4v) is 2.47. The van der Waals surface area contributed by atoms with Gasteiger partial charge in [0.05, 0.1) is 0 Å². The third kappa shape index (κ3) is 2.00. The Hall–Kier alpha value is -0.860. The predicted octanol–water partition coefficient (Wildman–Crippen LogP) is 1.87. The molecule has 0 heterocycles. The minimum atomic E-state index is 0.462. The van der Waals surface area contributed by atoms with Crippen molar-refractivity contribution in [3.05, 3.63) is 35.9 Å². The molecule has 2 fully saturated rings. The smallest absolute Gasteiger partial charge is 0.0143 e. The lowest BCUT2D eigenvalue weighted by Crippen LogP contribution is -2.31. The van der Waals surface area contributed by atoms with Crippen molar-refractivity contribution in [1.29, 1.82) is 0 Å². The predicted molar refractivity (Wildman–Crippen MR) is 66.3 cm³/mol. The molecule has 2 atom stereocenters. The molecule has 0 radical (unpaired) electrons. The zero-order valence-electron chi connectivity index (χ0n) is 9.65. The molecule has 0 aliphatic heterocycles. The van der Waals surface area contributed by atoms with E-state index in [1.54, 1.807) is 0 Å². The second-order valence-electron chi connectivity index (χ2n) is 5.44. The van der Waals surface area contributed by atoms with Gasteiger partial charge in [-0.2, -0.15) is 0 Å². The van der Waals surface area contributed by atoms with Crippen LogP contribution in [0.5, 0.6) is 0 Å². The molecule has 2 nitrogen and oxygen atoms in total. The van der Waals surface area contributed by atoms with Crippen molar-refractivity contribution < 1.29 is 0 Å². The second-order valence-corrected chi connectivity index (χ2v) is 5.44. The van der Waals surface area contributed by atoms with E-state index in [1.807, 2.05) is 0 Å². The number of hydrogen-bond donors (Lipinski definition) is 2. The van der Waals surface area contributed by atoms with Gasteiger partial charge in [-0.05, 0) is 36.8 Å². The van der Waals surface area contributed by atoms with Crippen LogP contribution < -0.4 is 11.1 Å². The lowest BCUT2D eigenvalue weighted by Gasteiger charge is -2.13. The van der Waals surface area contributed by atoms with Crippen LogP contribution in [0.4, 0.5) is 0 Å². The molecule has 0 bridgehead atoms. The van der Waals surface area contributed by atoms with Crippen LogP contribution in [0, 0.1) is 5.41 Å². The molecule has 3 N–H and O–H groups in total. The molecule has 1 aromatic rings. The Bertz CT molecular complexity index is 356. The van der Waals surface area contributed by atoms with Crippen molar-refractivity contribution >= 4 is 0 Å². The maximum absolute atomic E-state index is 5.78. The normalized spacial score (nSPS) is 30.1.